The van der Waals surface area contributed by atoms with Gasteiger partial charge in [-0.1, -0.05) is 6.92 Å². The Kier molecular flexibility index (Phi) is 3.36. The third kappa shape index (κ3) is 5.99. The third-order valence-electron chi connectivity index (χ3n) is 0.952. The minimum Gasteiger partial charge on any atom is -0.330 e. The maximum Gasteiger partial charge on any atom is 0.325 e. The van der Waals surface area contributed by atoms with Crippen LogP contribution in [0.25, 0.3) is 0 Å². The summed E-state index contributed by atoms with van der Waals surface area (Å²) in [7, 11) is -3.82. The predicted molar refractivity (Wildman–Crippen MR) is 35.1 cm³/mol. The number of hydrogen-bond acceptors (Lipinski definition) is 2. The first-order chi connectivity index (χ1) is 3.95. The van der Waals surface area contributed by atoms with Gasteiger partial charge in [0, 0.05) is 0 Å². The first-order valence-electron chi connectivity index (χ1n) is 2.70. The fourth-order valence-electron chi connectivity index (χ4n) is 0.481. The van der Waals surface area contributed by atoms with E-state index in [0.717, 1.165) is 0 Å². The quantitative estimate of drug-likeness (QED) is 0.488. The van der Waals surface area contributed by atoms with Crippen molar-refractivity contribution >= 4 is 7.60 Å². The number of hydrogen-bond donors (Lipinski definition) is 3. The molecule has 0 aromatic heterocycles. The Hall–Kier alpha value is 0.110. The van der Waals surface area contributed by atoms with Gasteiger partial charge in [0.1, 0.15) is 0 Å². The van der Waals surface area contributed by atoms with Crippen molar-refractivity contribution in [3.63, 3.8) is 0 Å². The summed E-state index contributed by atoms with van der Waals surface area (Å²) < 4.78 is 10.2. The summed E-state index contributed by atoms with van der Waals surface area (Å²) in [4.78, 5) is 16.7. The van der Waals surface area contributed by atoms with Crippen LogP contribution in [0.4, 0.5) is 0 Å². The van der Waals surface area contributed by atoms with Crippen LogP contribution >= 0.6 is 7.60 Å². The summed E-state index contributed by atoms with van der Waals surface area (Å²) in [5.41, 5.74) is 5.14. The van der Waals surface area contributed by atoms with Crippen LogP contribution in [-0.4, -0.2) is 22.5 Å². The largest absolute Gasteiger partial charge is 0.330 e. The molecule has 0 aromatic carbocycles. The van der Waals surface area contributed by atoms with Crippen molar-refractivity contribution in [3.8, 4) is 0 Å². The predicted octanol–water partition coefficient (Wildman–Crippen LogP) is -0.241. The lowest BCUT2D eigenvalue weighted by Crippen LogP contribution is -2.14. The molecule has 5 heteroatoms. The summed E-state index contributed by atoms with van der Waals surface area (Å²) in [5, 5.41) is 0. The van der Waals surface area contributed by atoms with E-state index in [1.807, 2.05) is 0 Å². The maximum atomic E-state index is 10.2. The Morgan fingerprint density at radius 3 is 2.22 bits per heavy atom. The lowest BCUT2D eigenvalue weighted by Gasteiger charge is -2.08. The van der Waals surface area contributed by atoms with E-state index < -0.39 is 7.60 Å². The van der Waals surface area contributed by atoms with Crippen LogP contribution in [0.15, 0.2) is 0 Å². The number of nitrogens with two attached hydrogens (primary N) is 1. The zero-order valence-corrected chi connectivity index (χ0v) is 6.21. The minimum absolute atomic E-state index is 0.0918. The first kappa shape index (κ1) is 9.11. The smallest absolute Gasteiger partial charge is 0.325 e. The molecule has 0 fully saturated rings. The van der Waals surface area contributed by atoms with Crippen molar-refractivity contribution in [2.45, 2.75) is 6.92 Å². The topological polar surface area (TPSA) is 83.6 Å². The summed E-state index contributed by atoms with van der Waals surface area (Å²) in [6.07, 6.45) is -0.108. The molecular formula is C4H12NO3P. The molecule has 4 nitrogen and oxygen atoms in total. The Labute approximate surface area is 54.2 Å². The highest BCUT2D eigenvalue weighted by molar-refractivity contribution is 7.51. The molecular weight excluding hydrogens is 141 g/mol. The van der Waals surface area contributed by atoms with Crippen LogP contribution in [0.3, 0.4) is 0 Å². The summed E-state index contributed by atoms with van der Waals surface area (Å²) in [5.74, 6) is -0.0918. The van der Waals surface area contributed by atoms with Gasteiger partial charge in [-0.15, -0.1) is 0 Å². The Morgan fingerprint density at radius 2 is 2.11 bits per heavy atom. The Bertz CT molecular complexity index is 121. The molecule has 0 aliphatic carbocycles. The van der Waals surface area contributed by atoms with Crippen LogP contribution in [0.1, 0.15) is 6.92 Å². The highest BCUT2D eigenvalue weighted by Gasteiger charge is 2.16. The molecule has 0 bridgehead atoms. The third-order valence-corrected chi connectivity index (χ3v) is 2.05. The van der Waals surface area contributed by atoms with Crippen LogP contribution in [0, 0.1) is 5.92 Å². The molecule has 56 valence electrons. The molecule has 0 aromatic rings. The molecule has 0 saturated heterocycles. The normalized spacial score (nSPS) is 15.6. The maximum absolute atomic E-state index is 10.2. The van der Waals surface area contributed by atoms with E-state index in [1.54, 1.807) is 6.92 Å². The van der Waals surface area contributed by atoms with Gasteiger partial charge in [0.2, 0.25) is 0 Å². The van der Waals surface area contributed by atoms with E-state index in [-0.39, 0.29) is 12.1 Å². The van der Waals surface area contributed by atoms with Crippen LogP contribution in [0.2, 0.25) is 0 Å². The molecule has 1 unspecified atom stereocenters. The van der Waals surface area contributed by atoms with E-state index in [1.165, 1.54) is 0 Å². The zero-order chi connectivity index (χ0) is 7.49. The second kappa shape index (κ2) is 3.32. The van der Waals surface area contributed by atoms with Crippen molar-refractivity contribution in [1.29, 1.82) is 0 Å². The average Bonchev–Trinajstić information content (AvgIpc) is 1.62. The SMILES string of the molecule is CC(CN)CP(=O)(O)O. The van der Waals surface area contributed by atoms with E-state index in [9.17, 15) is 4.57 Å². The summed E-state index contributed by atoms with van der Waals surface area (Å²) >= 11 is 0. The van der Waals surface area contributed by atoms with Gasteiger partial charge in [-0.05, 0) is 12.5 Å². The molecule has 9 heavy (non-hydrogen) atoms. The van der Waals surface area contributed by atoms with Gasteiger partial charge in [0.25, 0.3) is 0 Å². The minimum atomic E-state index is -3.82. The van der Waals surface area contributed by atoms with Gasteiger partial charge < -0.3 is 15.5 Å². The van der Waals surface area contributed by atoms with Crippen molar-refractivity contribution in [2.75, 3.05) is 12.7 Å². The standard InChI is InChI=1S/C4H12NO3P/c1-4(2-5)3-9(6,7)8/h4H,2-3,5H2,1H3,(H2,6,7,8). The lowest BCUT2D eigenvalue weighted by molar-refractivity contribution is 0.364. The van der Waals surface area contributed by atoms with Crippen molar-refractivity contribution in [3.05, 3.63) is 0 Å². The van der Waals surface area contributed by atoms with Gasteiger partial charge in [-0.25, -0.2) is 0 Å². The van der Waals surface area contributed by atoms with E-state index in [4.69, 9.17) is 15.5 Å². The van der Waals surface area contributed by atoms with Crippen molar-refractivity contribution in [1.82, 2.24) is 0 Å². The zero-order valence-electron chi connectivity index (χ0n) is 5.32. The molecule has 0 spiro atoms. The number of rotatable bonds is 3. The Balaban J connectivity index is 3.60. The fourth-order valence-corrected chi connectivity index (χ4v) is 1.44. The summed E-state index contributed by atoms with van der Waals surface area (Å²) in [6.45, 7) is 2.03. The van der Waals surface area contributed by atoms with Gasteiger partial charge in [0.05, 0.1) is 6.16 Å². The van der Waals surface area contributed by atoms with Gasteiger partial charge in [-0.3, -0.25) is 4.57 Å². The molecule has 0 radical (unpaired) electrons. The van der Waals surface area contributed by atoms with Gasteiger partial charge >= 0.3 is 7.60 Å². The van der Waals surface area contributed by atoms with E-state index in [0.29, 0.717) is 6.54 Å². The lowest BCUT2D eigenvalue weighted by atomic mass is 10.2. The molecule has 4 N–H and O–H groups in total. The van der Waals surface area contributed by atoms with Crippen molar-refractivity contribution in [2.24, 2.45) is 11.7 Å². The van der Waals surface area contributed by atoms with E-state index >= 15 is 0 Å². The van der Waals surface area contributed by atoms with Crippen LogP contribution in [-0.2, 0) is 4.57 Å². The van der Waals surface area contributed by atoms with Gasteiger partial charge in [0.15, 0.2) is 0 Å². The monoisotopic (exact) mass is 153 g/mol. The first-order valence-corrected chi connectivity index (χ1v) is 4.50. The molecule has 0 heterocycles. The Morgan fingerprint density at radius 1 is 1.67 bits per heavy atom. The fraction of sp³-hybridized carbons (Fsp3) is 1.00. The van der Waals surface area contributed by atoms with Gasteiger partial charge in [-0.2, -0.15) is 0 Å². The summed E-state index contributed by atoms with van der Waals surface area (Å²) in [6, 6.07) is 0. The molecule has 0 rings (SSSR count). The molecule has 0 saturated carbocycles. The highest BCUT2D eigenvalue weighted by atomic mass is 31.2. The molecule has 0 aliphatic rings. The molecule has 0 aliphatic heterocycles. The van der Waals surface area contributed by atoms with Crippen molar-refractivity contribution < 1.29 is 14.4 Å². The van der Waals surface area contributed by atoms with Crippen LogP contribution < -0.4 is 5.73 Å². The molecule has 1 atom stereocenters. The average molecular weight is 153 g/mol. The highest BCUT2D eigenvalue weighted by Crippen LogP contribution is 2.36. The second-order valence-electron chi connectivity index (χ2n) is 2.19. The van der Waals surface area contributed by atoms with Crippen LogP contribution in [0.5, 0.6) is 0 Å². The second-order valence-corrected chi connectivity index (χ2v) is 3.88. The van der Waals surface area contributed by atoms with E-state index in [2.05, 4.69) is 0 Å². The molecule has 0 amide bonds.